The number of allylic oxidation sites excluding steroid dienone is 31. The van der Waals surface area contributed by atoms with Crippen molar-refractivity contribution in [3.05, 3.63) is 194 Å². The smallest absolute Gasteiger partial charge is 0.461 e. The first-order valence-electron chi connectivity index (χ1n) is 28.3. The summed E-state index contributed by atoms with van der Waals surface area (Å²) in [5.41, 5.74) is 0. The second kappa shape index (κ2) is 57.5. The maximum atomic E-state index is 12.9. The number of aliphatic hydroxyl groups excluding tert-OH is 1. The van der Waals surface area contributed by atoms with E-state index in [0.717, 1.165) is 89.9 Å². The lowest BCUT2D eigenvalue weighted by atomic mass is 10.2. The largest absolute Gasteiger partial charge is 0.472 e. The van der Waals surface area contributed by atoms with Crippen LogP contribution >= 0.6 is 7.82 Å². The molecule has 2 N–H and O–H groups in total. The molecule has 0 aliphatic carbocycles. The van der Waals surface area contributed by atoms with Gasteiger partial charge in [0.05, 0.1) is 26.2 Å². The van der Waals surface area contributed by atoms with Crippen molar-refractivity contribution in [3.8, 4) is 0 Å². The molecule has 78 heavy (non-hydrogen) atoms. The van der Waals surface area contributed by atoms with Gasteiger partial charge in [0.15, 0.2) is 6.10 Å². The van der Waals surface area contributed by atoms with Gasteiger partial charge in [0.2, 0.25) is 0 Å². The molecule has 12 heteroatoms. The molecule has 0 aromatic rings. The first kappa shape index (κ1) is 72.3. The molecule has 0 spiro atoms. The molecule has 0 bridgehead atoms. The van der Waals surface area contributed by atoms with Crippen LogP contribution in [0.2, 0.25) is 0 Å². The number of phosphoric acid groups is 1. The van der Waals surface area contributed by atoms with Crippen LogP contribution < -0.4 is 0 Å². The number of unbranched alkanes of at least 4 members (excludes halogenated alkanes) is 1. The number of phosphoric ester groups is 1. The topological polar surface area (TPSA) is 155 Å². The molecule has 3 atom stereocenters. The molecule has 0 aliphatic rings. The van der Waals surface area contributed by atoms with E-state index in [1.165, 1.54) is 0 Å². The van der Waals surface area contributed by atoms with Crippen molar-refractivity contribution in [2.24, 2.45) is 0 Å². The van der Waals surface area contributed by atoms with Crippen LogP contribution in [0.3, 0.4) is 0 Å². The zero-order valence-electron chi connectivity index (χ0n) is 47.5. The van der Waals surface area contributed by atoms with Crippen molar-refractivity contribution in [3.63, 3.8) is 0 Å². The summed E-state index contributed by atoms with van der Waals surface area (Å²) in [6, 6.07) is 0. The Balaban J connectivity index is 5.03. The van der Waals surface area contributed by atoms with Gasteiger partial charge in [-0.25, -0.2) is 4.57 Å². The molecule has 0 radical (unpaired) electrons. The van der Waals surface area contributed by atoms with Crippen LogP contribution in [-0.2, 0) is 42.2 Å². The maximum Gasteiger partial charge on any atom is 0.472 e. The van der Waals surface area contributed by atoms with Gasteiger partial charge < -0.3 is 24.2 Å². The van der Waals surface area contributed by atoms with Gasteiger partial charge in [-0.15, -0.1) is 0 Å². The summed E-state index contributed by atoms with van der Waals surface area (Å²) < 4.78 is 39.2. The molecule has 0 saturated heterocycles. The van der Waals surface area contributed by atoms with Crippen molar-refractivity contribution < 1.29 is 52.2 Å². The Kier molecular flexibility index (Phi) is 53.3. The maximum absolute atomic E-state index is 12.9. The van der Waals surface area contributed by atoms with E-state index in [9.17, 15) is 28.9 Å². The van der Waals surface area contributed by atoms with Gasteiger partial charge in [0.1, 0.15) is 12.7 Å². The van der Waals surface area contributed by atoms with Crippen molar-refractivity contribution in [2.45, 2.75) is 174 Å². The minimum atomic E-state index is -4.82. The highest BCUT2D eigenvalue weighted by Gasteiger charge is 2.28. The number of hydrogen-bond acceptors (Lipinski definition) is 10. The Bertz CT molecular complexity index is 2050. The number of esters is 3. The minimum absolute atomic E-state index is 0.00575. The summed E-state index contributed by atoms with van der Waals surface area (Å²) in [5, 5.41) is 9.81. The zero-order valence-corrected chi connectivity index (χ0v) is 48.4. The normalized spacial score (nSPS) is 14.8. The average Bonchev–Trinajstić information content (AvgIpc) is 3.43. The van der Waals surface area contributed by atoms with Gasteiger partial charge in [-0.3, -0.25) is 23.4 Å². The molecule has 3 unspecified atom stereocenters. The van der Waals surface area contributed by atoms with Crippen molar-refractivity contribution in [1.82, 2.24) is 0 Å². The van der Waals surface area contributed by atoms with Crippen LogP contribution in [-0.4, -0.2) is 66.5 Å². The van der Waals surface area contributed by atoms with E-state index < -0.39 is 64.4 Å². The number of aliphatic hydroxyl groups is 1. The summed E-state index contributed by atoms with van der Waals surface area (Å²) in [5.74, 6) is -1.82. The second-order valence-electron chi connectivity index (χ2n) is 17.6. The lowest BCUT2D eigenvalue weighted by Crippen LogP contribution is -2.30. The van der Waals surface area contributed by atoms with Crippen LogP contribution in [0.1, 0.15) is 162 Å². The molecule has 432 valence electrons. The Hall–Kier alpha value is -5.68. The number of hydrogen-bond donors (Lipinski definition) is 2. The molecule has 0 saturated carbocycles. The van der Waals surface area contributed by atoms with Crippen molar-refractivity contribution >= 4 is 25.7 Å². The average molecular weight is 1100 g/mol. The molecule has 11 nitrogen and oxygen atoms in total. The SMILES string of the molecule is CC/C=C\C/C=C\C/C=C\C/C=C\C/C=C\C/C=C\CCC(=O)OC(COC(=O)C/C=C\C/C=C\C/C=C\C/C=C\C/C=C\CC)COP(=O)(O)OCC(CO)OC(=O)CCC/C=C\C/C=C\C/C=C\C/C=C\C/C=C\CC. The third-order valence-corrected chi connectivity index (χ3v) is 11.5. The third kappa shape index (κ3) is 55.1. The number of rotatable bonds is 49. The fraction of sp³-hybridized carbons (Fsp3) is 0.470. The van der Waals surface area contributed by atoms with Crippen LogP contribution in [0, 0.1) is 0 Å². The summed E-state index contributed by atoms with van der Waals surface area (Å²) in [6.45, 7) is 3.99. The molecule has 0 aromatic carbocycles. The zero-order chi connectivity index (χ0) is 56.9. The first-order valence-corrected chi connectivity index (χ1v) is 29.8. The quantitative estimate of drug-likeness (QED) is 0.0197. The fourth-order valence-electron chi connectivity index (χ4n) is 6.37. The molecular formula is C66H97O11P. The standard InChI is InChI=1S/C66H97O11P/c1-4-7-10-13-16-19-22-25-28-30-31-33-36-39-42-45-48-51-54-57-66(70)77-63(59-73-64(68)55-52-49-46-43-40-37-34-27-24-21-18-15-12-9-6-3)61-75-78(71,72)74-60-62(58-67)76-65(69)56-53-50-47-44-41-38-35-32-29-26-23-20-17-14-11-8-5-2/h7-12,16-21,25-29,31,33-35,38-40,42-44,47-49,51-52,62-63,67H,4-6,13-15,22-24,30,32,36-37,41,45-46,50,53-61H2,1-3H3,(H,71,72)/b10-7-,11-8-,12-9-,19-16-,20-17-,21-18-,28-25-,29-26-,33-31-,34-27-,38-35-,42-39-,43-40-,47-44-,51-48-,52-49-. The minimum Gasteiger partial charge on any atom is -0.461 e. The number of ether oxygens (including phenoxy) is 3. The Morgan fingerprint density at radius 1 is 0.372 bits per heavy atom. The van der Waals surface area contributed by atoms with Crippen molar-refractivity contribution in [1.29, 1.82) is 0 Å². The van der Waals surface area contributed by atoms with E-state index in [-0.39, 0.29) is 19.3 Å². The highest BCUT2D eigenvalue weighted by atomic mass is 31.2. The molecule has 0 aliphatic heterocycles. The van der Waals surface area contributed by atoms with Gasteiger partial charge in [-0.2, -0.15) is 0 Å². The molecular weight excluding hydrogens is 1000 g/mol. The molecule has 0 amide bonds. The fourth-order valence-corrected chi connectivity index (χ4v) is 7.15. The predicted molar refractivity (Wildman–Crippen MR) is 324 cm³/mol. The van der Waals surface area contributed by atoms with Crippen LogP contribution in [0.5, 0.6) is 0 Å². The van der Waals surface area contributed by atoms with Gasteiger partial charge in [0, 0.05) is 12.8 Å². The van der Waals surface area contributed by atoms with Gasteiger partial charge in [-0.1, -0.05) is 215 Å². The van der Waals surface area contributed by atoms with Gasteiger partial charge in [-0.05, 0) is 122 Å². The third-order valence-electron chi connectivity index (χ3n) is 10.5. The van der Waals surface area contributed by atoms with Crippen LogP contribution in [0.15, 0.2) is 194 Å². The summed E-state index contributed by atoms with van der Waals surface area (Å²) in [6.07, 6.45) is 80.2. The van der Waals surface area contributed by atoms with E-state index in [4.69, 9.17) is 23.3 Å². The van der Waals surface area contributed by atoms with Crippen LogP contribution in [0.25, 0.3) is 0 Å². The highest BCUT2D eigenvalue weighted by Crippen LogP contribution is 2.43. The summed E-state index contributed by atoms with van der Waals surface area (Å²) in [7, 11) is -4.82. The van der Waals surface area contributed by atoms with Crippen LogP contribution in [0.4, 0.5) is 0 Å². The van der Waals surface area contributed by atoms with Crippen molar-refractivity contribution in [2.75, 3.05) is 26.4 Å². The number of carbonyl (C=O) groups is 3. The first-order chi connectivity index (χ1) is 38.2. The van der Waals surface area contributed by atoms with E-state index in [1.807, 2.05) is 48.6 Å². The van der Waals surface area contributed by atoms with E-state index in [0.29, 0.717) is 32.1 Å². The lowest BCUT2D eigenvalue weighted by Gasteiger charge is -2.21. The lowest BCUT2D eigenvalue weighted by molar-refractivity contribution is -0.160. The van der Waals surface area contributed by atoms with Gasteiger partial charge >= 0.3 is 25.7 Å². The summed E-state index contributed by atoms with van der Waals surface area (Å²) in [4.78, 5) is 48.4. The Morgan fingerprint density at radius 3 is 1.03 bits per heavy atom. The molecule has 0 heterocycles. The highest BCUT2D eigenvalue weighted by molar-refractivity contribution is 7.47. The monoisotopic (exact) mass is 1100 g/mol. The Morgan fingerprint density at radius 2 is 0.667 bits per heavy atom. The molecule has 0 fully saturated rings. The van der Waals surface area contributed by atoms with E-state index >= 15 is 0 Å². The second-order valence-corrected chi connectivity index (χ2v) is 19.1. The molecule has 0 aromatic heterocycles. The molecule has 0 rings (SSSR count). The van der Waals surface area contributed by atoms with Gasteiger partial charge in [0.25, 0.3) is 0 Å². The predicted octanol–water partition coefficient (Wildman–Crippen LogP) is 17.0. The number of carbonyl (C=O) groups excluding carboxylic acids is 3. The summed E-state index contributed by atoms with van der Waals surface area (Å²) >= 11 is 0. The Labute approximate surface area is 471 Å². The van der Waals surface area contributed by atoms with E-state index in [2.05, 4.69) is 161 Å². The van der Waals surface area contributed by atoms with E-state index in [1.54, 1.807) is 6.08 Å².